The molecule has 0 atom stereocenters. The van der Waals surface area contributed by atoms with Crippen LogP contribution in [-0.2, 0) is 14.6 Å². The molecule has 1 aliphatic heterocycles. The minimum atomic E-state index is -5.55. The molecular formula is C29H22F7N7O5S2. The summed E-state index contributed by atoms with van der Waals surface area (Å²) in [5.74, 6) is -2.08. The van der Waals surface area contributed by atoms with E-state index in [0.29, 0.717) is 5.69 Å². The molecule has 1 fully saturated rings. The fraction of sp³-hybridized carbons (Fsp3) is 0.207. The highest BCUT2D eigenvalue weighted by Crippen LogP contribution is 2.38. The number of ether oxygens (including phenoxy) is 1. The van der Waals surface area contributed by atoms with Crippen LogP contribution in [0.3, 0.4) is 0 Å². The Labute approximate surface area is 282 Å². The van der Waals surface area contributed by atoms with Crippen molar-refractivity contribution in [3.05, 3.63) is 72.8 Å². The fourth-order valence-electron chi connectivity index (χ4n) is 4.34. The second-order valence-corrected chi connectivity index (χ2v) is 13.3. The first-order chi connectivity index (χ1) is 23.3. The van der Waals surface area contributed by atoms with Crippen molar-refractivity contribution in [3.8, 4) is 22.8 Å². The van der Waals surface area contributed by atoms with E-state index in [1.807, 2.05) is 0 Å². The number of carbonyl (C=O) groups excluding carboxylic acids is 2. The van der Waals surface area contributed by atoms with Gasteiger partial charge in [0.25, 0.3) is 9.84 Å². The molecule has 1 aliphatic rings. The molecule has 3 amide bonds. The van der Waals surface area contributed by atoms with E-state index in [1.165, 1.54) is 24.3 Å². The monoisotopic (exact) mass is 745 g/mol. The number of thioether (sulfide) groups is 1. The SMILES string of the molecule is CN(C)c1ccc(OCC(F)(F)F)c(N2C(=O)CS/C2=N\C(=O)Nc2ccc(-c3ncn(-c4ccc(S(=O)(=O)C(F)(F)F)cc4)n3)cc2F)c1. The third-order valence-electron chi connectivity index (χ3n) is 6.73. The van der Waals surface area contributed by atoms with Gasteiger partial charge in [-0.3, -0.25) is 9.69 Å². The van der Waals surface area contributed by atoms with Gasteiger partial charge >= 0.3 is 17.7 Å². The number of hydrogen-bond donors (Lipinski definition) is 1. The molecule has 0 spiro atoms. The summed E-state index contributed by atoms with van der Waals surface area (Å²) < 4.78 is 122. The number of sulfone groups is 1. The second-order valence-electron chi connectivity index (χ2n) is 10.4. The number of aliphatic imine (C=N–C) groups is 1. The lowest BCUT2D eigenvalue weighted by atomic mass is 10.2. The molecule has 4 aromatic rings. The van der Waals surface area contributed by atoms with Crippen LogP contribution >= 0.6 is 11.8 Å². The zero-order valence-corrected chi connectivity index (χ0v) is 27.1. The molecule has 2 heterocycles. The maximum atomic E-state index is 15.1. The second kappa shape index (κ2) is 13.6. The Bertz CT molecular complexity index is 2080. The highest BCUT2D eigenvalue weighted by atomic mass is 32.2. The molecule has 0 aliphatic carbocycles. The van der Waals surface area contributed by atoms with Gasteiger partial charge in [0.15, 0.2) is 17.6 Å². The standard InChI is InChI=1S/C29H22F7N7O5S2/c1-41(2)18-6-10-23(48-14-28(31,32)33)22(12-18)43-24(44)13-49-27(43)39-26(45)38-21-9-3-16(11-20(21)30)25-37-15-42(40-25)17-4-7-19(8-5-17)50(46,47)29(34,35)36/h3-12,15H,13-14H2,1-2H3,(H,38,45)/b39-27-. The maximum absolute atomic E-state index is 15.1. The van der Waals surface area contributed by atoms with Crippen molar-refractivity contribution in [2.75, 3.05) is 41.6 Å². The Hall–Kier alpha value is -5.18. The van der Waals surface area contributed by atoms with Gasteiger partial charge < -0.3 is 15.0 Å². The summed E-state index contributed by atoms with van der Waals surface area (Å²) in [7, 11) is -2.22. The van der Waals surface area contributed by atoms with E-state index in [1.54, 1.807) is 19.0 Å². The summed E-state index contributed by atoms with van der Waals surface area (Å²) in [5, 5.41) is 6.17. The topological polar surface area (TPSA) is 139 Å². The number of halogens is 7. The molecule has 21 heteroatoms. The third kappa shape index (κ3) is 7.83. The van der Waals surface area contributed by atoms with Gasteiger partial charge in [-0.1, -0.05) is 11.8 Å². The molecule has 1 aromatic heterocycles. The number of aromatic nitrogens is 3. The molecule has 264 valence electrons. The number of alkyl halides is 6. The van der Waals surface area contributed by atoms with Crippen LogP contribution in [-0.4, -0.2) is 78.4 Å². The van der Waals surface area contributed by atoms with Gasteiger partial charge in [-0.05, 0) is 60.7 Å². The van der Waals surface area contributed by atoms with Crippen molar-refractivity contribution in [3.63, 3.8) is 0 Å². The summed E-state index contributed by atoms with van der Waals surface area (Å²) in [6.45, 7) is -1.64. The zero-order valence-electron chi connectivity index (χ0n) is 25.5. The number of hydrogen-bond acceptors (Lipinski definition) is 9. The number of anilines is 3. The summed E-state index contributed by atoms with van der Waals surface area (Å²) in [6.07, 6.45) is -3.51. The lowest BCUT2D eigenvalue weighted by Crippen LogP contribution is -2.31. The minimum absolute atomic E-state index is 0.0333. The van der Waals surface area contributed by atoms with Crippen LogP contribution in [0.15, 0.2) is 76.9 Å². The largest absolute Gasteiger partial charge is 0.501 e. The molecule has 1 N–H and O–H groups in total. The highest BCUT2D eigenvalue weighted by Gasteiger charge is 2.46. The average Bonchev–Trinajstić information content (AvgIpc) is 3.67. The van der Waals surface area contributed by atoms with E-state index in [9.17, 15) is 44.3 Å². The van der Waals surface area contributed by atoms with Crippen molar-refractivity contribution < 1.29 is 53.5 Å². The maximum Gasteiger partial charge on any atom is 0.501 e. The first kappa shape index (κ1) is 36.1. The Balaban J connectivity index is 1.33. The first-order valence-corrected chi connectivity index (χ1v) is 16.3. The Morgan fingerprint density at radius 1 is 1.04 bits per heavy atom. The average molecular weight is 746 g/mol. The van der Waals surface area contributed by atoms with Crippen LogP contribution in [0.2, 0.25) is 0 Å². The van der Waals surface area contributed by atoms with Gasteiger partial charge in [0.1, 0.15) is 17.9 Å². The normalized spacial score (nSPS) is 14.7. The molecule has 5 rings (SSSR count). The van der Waals surface area contributed by atoms with E-state index in [4.69, 9.17) is 4.74 Å². The van der Waals surface area contributed by atoms with Crippen molar-refractivity contribution in [1.29, 1.82) is 0 Å². The predicted molar refractivity (Wildman–Crippen MR) is 169 cm³/mol. The van der Waals surface area contributed by atoms with Gasteiger partial charge in [-0.15, -0.1) is 5.10 Å². The summed E-state index contributed by atoms with van der Waals surface area (Å²) in [5.41, 5.74) is -5.13. The van der Waals surface area contributed by atoms with Gasteiger partial charge in [0.2, 0.25) is 5.91 Å². The molecule has 0 radical (unpaired) electrons. The number of amidine groups is 1. The van der Waals surface area contributed by atoms with E-state index in [-0.39, 0.29) is 45.1 Å². The Morgan fingerprint density at radius 2 is 1.74 bits per heavy atom. The van der Waals surface area contributed by atoms with Crippen molar-refractivity contribution in [2.24, 2.45) is 4.99 Å². The Kier molecular flexibility index (Phi) is 9.83. The summed E-state index contributed by atoms with van der Waals surface area (Å²) >= 11 is 0.828. The van der Waals surface area contributed by atoms with Gasteiger partial charge in [-0.25, -0.2) is 27.3 Å². The third-order valence-corrected chi connectivity index (χ3v) is 9.16. The molecule has 12 nitrogen and oxygen atoms in total. The molecule has 0 unspecified atom stereocenters. The van der Waals surface area contributed by atoms with Gasteiger partial charge in [-0.2, -0.15) is 31.3 Å². The van der Waals surface area contributed by atoms with Crippen molar-refractivity contribution in [1.82, 2.24) is 14.8 Å². The minimum Gasteiger partial charge on any atom is -0.482 e. The molecule has 50 heavy (non-hydrogen) atoms. The van der Waals surface area contributed by atoms with Crippen LogP contribution in [0.5, 0.6) is 5.75 Å². The summed E-state index contributed by atoms with van der Waals surface area (Å²) in [6, 6.07) is 10.1. The van der Waals surface area contributed by atoms with Crippen LogP contribution in [0.25, 0.3) is 17.1 Å². The molecule has 0 bridgehead atoms. The predicted octanol–water partition coefficient (Wildman–Crippen LogP) is 6.04. The number of nitrogens with one attached hydrogen (secondary N) is 1. The molecule has 3 aromatic carbocycles. The van der Waals surface area contributed by atoms with E-state index >= 15 is 4.39 Å². The van der Waals surface area contributed by atoms with E-state index < -0.39 is 50.8 Å². The number of rotatable bonds is 8. The molecule has 1 saturated heterocycles. The number of amides is 3. The number of benzene rings is 3. The van der Waals surface area contributed by atoms with Crippen molar-refractivity contribution in [2.45, 2.75) is 16.6 Å². The molecular weight excluding hydrogens is 723 g/mol. The quantitative estimate of drug-likeness (QED) is 0.214. The zero-order chi connectivity index (χ0) is 36.6. The van der Waals surface area contributed by atoms with Crippen LogP contribution in [0.4, 0.5) is 52.6 Å². The first-order valence-electron chi connectivity index (χ1n) is 13.8. The van der Waals surface area contributed by atoms with Gasteiger partial charge in [0, 0.05) is 25.3 Å². The fourth-order valence-corrected chi connectivity index (χ4v) is 5.96. The van der Waals surface area contributed by atoms with Crippen LogP contribution in [0.1, 0.15) is 0 Å². The van der Waals surface area contributed by atoms with E-state index in [0.717, 1.165) is 64.1 Å². The lowest BCUT2D eigenvalue weighted by molar-refractivity contribution is -0.153. The Morgan fingerprint density at radius 3 is 2.36 bits per heavy atom. The summed E-state index contributed by atoms with van der Waals surface area (Å²) in [4.78, 5) is 35.2. The number of urea groups is 1. The van der Waals surface area contributed by atoms with Gasteiger partial charge in [0.05, 0.1) is 27.7 Å². The van der Waals surface area contributed by atoms with E-state index in [2.05, 4.69) is 20.4 Å². The highest BCUT2D eigenvalue weighted by molar-refractivity contribution is 8.15. The van der Waals surface area contributed by atoms with Crippen LogP contribution in [0, 0.1) is 5.82 Å². The van der Waals surface area contributed by atoms with Crippen molar-refractivity contribution >= 4 is 55.8 Å². The smallest absolute Gasteiger partial charge is 0.482 e. The number of carbonyl (C=O) groups is 2. The lowest BCUT2D eigenvalue weighted by Gasteiger charge is -2.23. The van der Waals surface area contributed by atoms with Crippen LogP contribution < -0.4 is 19.9 Å². The molecule has 0 saturated carbocycles. The number of nitrogens with zero attached hydrogens (tertiary/aromatic N) is 6.